The number of aromatic nitrogens is 1. The average Bonchev–Trinajstić information content (AvgIpc) is 3.13. The Labute approximate surface area is 183 Å². The molecule has 2 amide bonds. The fourth-order valence-corrected chi connectivity index (χ4v) is 4.69. The third kappa shape index (κ3) is 4.51. The van der Waals surface area contributed by atoms with E-state index in [9.17, 15) is 19.2 Å². The Bertz CT molecular complexity index is 1020. The number of methoxy groups -OCH3 is 1. The number of rotatable bonds is 6. The molecule has 8 nitrogen and oxygen atoms in total. The summed E-state index contributed by atoms with van der Waals surface area (Å²) in [4.78, 5) is 54.8. The van der Waals surface area contributed by atoms with E-state index >= 15 is 0 Å². The third-order valence-corrected chi connectivity index (χ3v) is 6.81. The van der Waals surface area contributed by atoms with Crippen molar-refractivity contribution >= 4 is 40.0 Å². The van der Waals surface area contributed by atoms with Gasteiger partial charge in [0.2, 0.25) is 11.8 Å². The SMILES string of the molecule is COC(=O)[C@@H](NC(=O)C1CC(=O)c2sc(NC(=O)C3CCC3)nc2C1)c1ccccc1. The standard InChI is InChI=1S/C22H23N3O5S/c1-30-21(29)17(12-6-3-2-4-7-12)24-20(28)14-10-15-18(16(26)11-14)31-22(23-15)25-19(27)13-8-5-9-13/h2-4,6-7,13-14,17H,5,8-11H2,1H3,(H,24,28)(H,23,25,27)/t14?,17-/m0/s1. The first-order valence-corrected chi connectivity index (χ1v) is 11.0. The second-order valence-electron chi connectivity index (χ2n) is 7.82. The lowest BCUT2D eigenvalue weighted by molar-refractivity contribution is -0.145. The van der Waals surface area contributed by atoms with Crippen molar-refractivity contribution in [3.63, 3.8) is 0 Å². The maximum Gasteiger partial charge on any atom is 0.333 e. The molecule has 2 aromatic rings. The molecular formula is C22H23N3O5S. The highest BCUT2D eigenvalue weighted by molar-refractivity contribution is 7.17. The van der Waals surface area contributed by atoms with Crippen LogP contribution in [0.25, 0.3) is 0 Å². The van der Waals surface area contributed by atoms with Gasteiger partial charge in [-0.05, 0) is 18.4 Å². The van der Waals surface area contributed by atoms with Gasteiger partial charge in [-0.25, -0.2) is 9.78 Å². The number of anilines is 1. The zero-order valence-electron chi connectivity index (χ0n) is 17.1. The average molecular weight is 442 g/mol. The van der Waals surface area contributed by atoms with Gasteiger partial charge < -0.3 is 15.4 Å². The van der Waals surface area contributed by atoms with Gasteiger partial charge in [0.05, 0.1) is 23.6 Å². The smallest absolute Gasteiger partial charge is 0.333 e. The van der Waals surface area contributed by atoms with Crippen LogP contribution in [0, 0.1) is 11.8 Å². The lowest BCUT2D eigenvalue weighted by Crippen LogP contribution is -2.40. The molecule has 0 bridgehead atoms. The molecule has 162 valence electrons. The number of hydrogen-bond acceptors (Lipinski definition) is 7. The van der Waals surface area contributed by atoms with Gasteiger partial charge >= 0.3 is 5.97 Å². The van der Waals surface area contributed by atoms with Crippen molar-refractivity contribution in [3.05, 3.63) is 46.5 Å². The molecular weight excluding hydrogens is 418 g/mol. The summed E-state index contributed by atoms with van der Waals surface area (Å²) in [5.74, 6) is -1.87. The van der Waals surface area contributed by atoms with Gasteiger partial charge in [-0.2, -0.15) is 0 Å². The summed E-state index contributed by atoms with van der Waals surface area (Å²) in [5, 5.41) is 5.91. The summed E-state index contributed by atoms with van der Waals surface area (Å²) >= 11 is 1.16. The predicted octanol–water partition coefficient (Wildman–Crippen LogP) is 2.66. The Hall–Kier alpha value is -3.07. The van der Waals surface area contributed by atoms with E-state index in [0.717, 1.165) is 30.6 Å². The molecule has 2 aliphatic rings. The number of Topliss-reactive ketones (excluding diaryl/α,β-unsaturated/α-hetero) is 1. The molecule has 4 rings (SSSR count). The maximum absolute atomic E-state index is 12.9. The number of carbonyl (C=O) groups is 4. The van der Waals surface area contributed by atoms with Gasteiger partial charge in [-0.15, -0.1) is 0 Å². The van der Waals surface area contributed by atoms with Crippen LogP contribution in [-0.4, -0.2) is 35.7 Å². The van der Waals surface area contributed by atoms with Crippen LogP contribution in [0.5, 0.6) is 0 Å². The Morgan fingerprint density at radius 1 is 1.10 bits per heavy atom. The summed E-state index contributed by atoms with van der Waals surface area (Å²) in [5.41, 5.74) is 1.11. The van der Waals surface area contributed by atoms with Crippen LogP contribution in [-0.2, 0) is 25.5 Å². The van der Waals surface area contributed by atoms with E-state index in [0.29, 0.717) is 21.3 Å². The molecule has 0 spiro atoms. The number of benzene rings is 1. The second-order valence-corrected chi connectivity index (χ2v) is 8.81. The molecule has 31 heavy (non-hydrogen) atoms. The summed E-state index contributed by atoms with van der Waals surface area (Å²) in [6.45, 7) is 0. The lowest BCUT2D eigenvalue weighted by Gasteiger charge is -2.23. The molecule has 9 heteroatoms. The summed E-state index contributed by atoms with van der Waals surface area (Å²) in [6.07, 6.45) is 3.10. The van der Waals surface area contributed by atoms with Crippen LogP contribution >= 0.6 is 11.3 Å². The Balaban J connectivity index is 1.46. The minimum Gasteiger partial charge on any atom is -0.467 e. The number of esters is 1. The number of carbonyl (C=O) groups excluding carboxylic acids is 4. The first kappa shape index (κ1) is 21.2. The maximum atomic E-state index is 12.9. The zero-order valence-corrected chi connectivity index (χ0v) is 17.9. The number of thiazole rings is 1. The largest absolute Gasteiger partial charge is 0.467 e. The van der Waals surface area contributed by atoms with E-state index in [2.05, 4.69) is 15.6 Å². The monoisotopic (exact) mass is 441 g/mol. The van der Waals surface area contributed by atoms with Gasteiger partial charge in [0.1, 0.15) is 0 Å². The molecule has 1 aromatic heterocycles. The molecule has 0 aliphatic heterocycles. The van der Waals surface area contributed by atoms with E-state index in [-0.39, 0.29) is 30.4 Å². The van der Waals surface area contributed by atoms with Crippen LogP contribution in [0.2, 0.25) is 0 Å². The number of nitrogens with one attached hydrogen (secondary N) is 2. The number of hydrogen-bond donors (Lipinski definition) is 2. The highest BCUT2D eigenvalue weighted by atomic mass is 32.1. The second kappa shape index (κ2) is 8.97. The highest BCUT2D eigenvalue weighted by Gasteiger charge is 2.35. The minimum absolute atomic E-state index is 0.0170. The summed E-state index contributed by atoms with van der Waals surface area (Å²) < 4.78 is 4.83. The first-order valence-electron chi connectivity index (χ1n) is 10.2. The molecule has 1 heterocycles. The molecule has 2 aliphatic carbocycles. The molecule has 2 atom stereocenters. The third-order valence-electron chi connectivity index (χ3n) is 5.76. The number of amides is 2. The van der Waals surface area contributed by atoms with Gasteiger partial charge in [0, 0.05) is 18.8 Å². The van der Waals surface area contributed by atoms with Gasteiger partial charge in [-0.1, -0.05) is 48.1 Å². The molecule has 1 saturated carbocycles. The van der Waals surface area contributed by atoms with E-state index in [1.165, 1.54) is 7.11 Å². The highest BCUT2D eigenvalue weighted by Crippen LogP contribution is 2.34. The Kier molecular flexibility index (Phi) is 6.13. The first-order chi connectivity index (χ1) is 15.0. The molecule has 1 unspecified atom stereocenters. The number of ketones is 1. The molecule has 1 fully saturated rings. The van der Waals surface area contributed by atoms with Crippen LogP contribution in [0.3, 0.4) is 0 Å². The van der Waals surface area contributed by atoms with Crippen LogP contribution in [0.15, 0.2) is 30.3 Å². The topological polar surface area (TPSA) is 114 Å². The molecule has 0 radical (unpaired) electrons. The van der Waals surface area contributed by atoms with Crippen molar-refractivity contribution in [3.8, 4) is 0 Å². The Morgan fingerprint density at radius 2 is 1.84 bits per heavy atom. The molecule has 2 N–H and O–H groups in total. The number of fused-ring (bicyclic) bond motifs is 1. The lowest BCUT2D eigenvalue weighted by atomic mass is 9.85. The quantitative estimate of drug-likeness (QED) is 0.666. The van der Waals surface area contributed by atoms with Gasteiger partial charge in [0.15, 0.2) is 17.0 Å². The molecule has 0 saturated heterocycles. The number of ether oxygens (including phenoxy) is 1. The summed E-state index contributed by atoms with van der Waals surface area (Å²) in [6, 6.07) is 7.84. The van der Waals surface area contributed by atoms with Gasteiger partial charge in [0.25, 0.3) is 0 Å². The minimum atomic E-state index is -0.956. The van der Waals surface area contributed by atoms with E-state index in [4.69, 9.17) is 4.74 Å². The Morgan fingerprint density at radius 3 is 2.48 bits per heavy atom. The van der Waals surface area contributed by atoms with E-state index in [1.54, 1.807) is 24.3 Å². The van der Waals surface area contributed by atoms with E-state index in [1.807, 2.05) is 6.07 Å². The van der Waals surface area contributed by atoms with Crippen molar-refractivity contribution in [1.29, 1.82) is 0 Å². The van der Waals surface area contributed by atoms with Crippen molar-refractivity contribution < 1.29 is 23.9 Å². The predicted molar refractivity (Wildman–Crippen MR) is 114 cm³/mol. The normalized spacial score (nSPS) is 19.0. The van der Waals surface area contributed by atoms with Crippen molar-refractivity contribution in [2.24, 2.45) is 11.8 Å². The van der Waals surface area contributed by atoms with E-state index < -0.39 is 23.8 Å². The fourth-order valence-electron chi connectivity index (χ4n) is 3.75. The zero-order chi connectivity index (χ0) is 22.0. The van der Waals surface area contributed by atoms with Crippen molar-refractivity contribution in [2.75, 3.05) is 12.4 Å². The van der Waals surface area contributed by atoms with Crippen molar-refractivity contribution in [2.45, 2.75) is 38.1 Å². The fraction of sp³-hybridized carbons (Fsp3) is 0.409. The van der Waals surface area contributed by atoms with Crippen LogP contribution < -0.4 is 10.6 Å². The van der Waals surface area contributed by atoms with Crippen molar-refractivity contribution in [1.82, 2.24) is 10.3 Å². The number of nitrogens with zero attached hydrogens (tertiary/aromatic N) is 1. The summed E-state index contributed by atoms with van der Waals surface area (Å²) in [7, 11) is 1.26. The van der Waals surface area contributed by atoms with Crippen LogP contribution in [0.4, 0.5) is 5.13 Å². The molecule has 1 aromatic carbocycles. The van der Waals surface area contributed by atoms with Gasteiger partial charge in [-0.3, -0.25) is 14.4 Å². The van der Waals surface area contributed by atoms with Crippen LogP contribution in [0.1, 0.15) is 52.7 Å².